The zero-order valence-corrected chi connectivity index (χ0v) is 25.0. The molecule has 0 unspecified atom stereocenters. The second-order valence-electron chi connectivity index (χ2n) is 11.3. The van der Waals surface area contributed by atoms with Crippen LogP contribution in [0.15, 0.2) is 54.9 Å². The van der Waals surface area contributed by atoms with Crippen LogP contribution in [0.2, 0.25) is 0 Å². The Bertz CT molecular complexity index is 1730. The Morgan fingerprint density at radius 2 is 1.86 bits per heavy atom. The van der Waals surface area contributed by atoms with Gasteiger partial charge in [-0.25, -0.2) is 36.5 Å². The van der Waals surface area contributed by atoms with Crippen molar-refractivity contribution in [3.05, 3.63) is 71.8 Å². The zero-order chi connectivity index (χ0) is 30.8. The van der Waals surface area contributed by atoms with E-state index in [1.807, 2.05) is 13.0 Å². The second-order valence-corrected chi connectivity index (χ2v) is 13.5. The molecule has 2 aromatic heterocycles. The van der Waals surface area contributed by atoms with E-state index in [4.69, 9.17) is 9.72 Å². The lowest BCUT2D eigenvalue weighted by Crippen LogP contribution is -2.42. The van der Waals surface area contributed by atoms with Crippen molar-refractivity contribution in [2.24, 2.45) is 5.92 Å². The second kappa shape index (κ2) is 12.5. The van der Waals surface area contributed by atoms with Gasteiger partial charge in [-0.05, 0) is 74.0 Å². The number of benzene rings is 2. The van der Waals surface area contributed by atoms with Crippen molar-refractivity contribution < 1.29 is 26.3 Å². The van der Waals surface area contributed by atoms with Crippen molar-refractivity contribution in [2.45, 2.75) is 51.3 Å². The molecule has 1 aliphatic heterocycles. The standard InChI is InChI=1S/C31H34F3N5O3S/c1-19-15-21(17-35-16-19)38-30-37-13-10-27(39-30)24-5-4-12-36-29(24)42-28-20(2)6-7-22-23(28)8-9-26(32)25(22)18-43(40,41)14-11-31(3,33)34/h4-10,12-13,19,21,35H,11,14-18H2,1-3H3,(H,37,38,39)/t19-,21+/m1/s1. The minimum Gasteiger partial charge on any atom is -0.437 e. The van der Waals surface area contributed by atoms with Gasteiger partial charge in [0.1, 0.15) is 11.6 Å². The molecule has 0 bridgehead atoms. The number of hydrogen-bond acceptors (Lipinski definition) is 8. The molecule has 1 fully saturated rings. The van der Waals surface area contributed by atoms with Crippen molar-refractivity contribution >= 4 is 26.6 Å². The number of fused-ring (bicyclic) bond motifs is 1. The highest BCUT2D eigenvalue weighted by molar-refractivity contribution is 7.90. The van der Waals surface area contributed by atoms with E-state index in [-0.39, 0.29) is 17.5 Å². The number of anilines is 1. The molecule has 5 rings (SSSR count). The molecule has 1 saturated heterocycles. The maximum Gasteiger partial charge on any atom is 0.246 e. The summed E-state index contributed by atoms with van der Waals surface area (Å²) < 4.78 is 73.5. The average molecular weight is 614 g/mol. The monoisotopic (exact) mass is 613 g/mol. The summed E-state index contributed by atoms with van der Waals surface area (Å²) in [5.74, 6) is -3.72. The molecule has 4 aromatic rings. The zero-order valence-electron chi connectivity index (χ0n) is 24.2. The van der Waals surface area contributed by atoms with Crippen molar-refractivity contribution in [1.29, 1.82) is 0 Å². The fraction of sp³-hybridized carbons (Fsp3) is 0.387. The van der Waals surface area contributed by atoms with Gasteiger partial charge in [0, 0.05) is 42.4 Å². The first-order valence-electron chi connectivity index (χ1n) is 14.1. The fourth-order valence-electron chi connectivity index (χ4n) is 5.22. The number of piperidine rings is 1. The molecular formula is C31H34F3N5O3S. The maximum absolute atomic E-state index is 15.0. The summed E-state index contributed by atoms with van der Waals surface area (Å²) in [6.07, 6.45) is 3.40. The van der Waals surface area contributed by atoms with Gasteiger partial charge >= 0.3 is 0 Å². The first-order chi connectivity index (χ1) is 20.4. The van der Waals surface area contributed by atoms with Gasteiger partial charge in [-0.2, -0.15) is 0 Å². The van der Waals surface area contributed by atoms with Gasteiger partial charge < -0.3 is 15.4 Å². The van der Waals surface area contributed by atoms with E-state index < -0.39 is 39.5 Å². The van der Waals surface area contributed by atoms with Crippen molar-refractivity contribution in [2.75, 3.05) is 24.2 Å². The number of nitrogens with zero attached hydrogens (tertiary/aromatic N) is 3. The van der Waals surface area contributed by atoms with Gasteiger partial charge in [-0.3, -0.25) is 0 Å². The highest BCUT2D eigenvalue weighted by atomic mass is 32.2. The third-order valence-electron chi connectivity index (χ3n) is 7.42. The van der Waals surface area contributed by atoms with Crippen LogP contribution in [0.1, 0.15) is 37.8 Å². The number of alkyl halides is 2. The Morgan fingerprint density at radius 1 is 1.07 bits per heavy atom. The molecule has 228 valence electrons. The van der Waals surface area contributed by atoms with Crippen molar-refractivity contribution in [1.82, 2.24) is 20.3 Å². The molecule has 0 spiro atoms. The first-order valence-corrected chi connectivity index (χ1v) is 15.9. The van der Waals surface area contributed by atoms with E-state index in [1.165, 1.54) is 6.07 Å². The predicted molar refractivity (Wildman–Crippen MR) is 161 cm³/mol. The summed E-state index contributed by atoms with van der Waals surface area (Å²) in [5, 5.41) is 7.58. The number of aryl methyl sites for hydroxylation is 1. The van der Waals surface area contributed by atoms with Crippen LogP contribution in [0, 0.1) is 18.7 Å². The summed E-state index contributed by atoms with van der Waals surface area (Å²) in [4.78, 5) is 13.5. The third-order valence-corrected chi connectivity index (χ3v) is 8.98. The fourth-order valence-corrected chi connectivity index (χ4v) is 6.77. The van der Waals surface area contributed by atoms with Gasteiger partial charge in [0.15, 0.2) is 9.84 Å². The van der Waals surface area contributed by atoms with E-state index in [0.29, 0.717) is 52.1 Å². The lowest BCUT2D eigenvalue weighted by molar-refractivity contribution is 0.0189. The molecule has 2 aromatic carbocycles. The minimum absolute atomic E-state index is 0.0962. The van der Waals surface area contributed by atoms with Crippen LogP contribution in [-0.2, 0) is 15.6 Å². The quantitative estimate of drug-likeness (QED) is 0.215. The summed E-state index contributed by atoms with van der Waals surface area (Å²) in [6.45, 7) is 6.45. The Morgan fingerprint density at radius 3 is 2.63 bits per heavy atom. The van der Waals surface area contributed by atoms with Crippen molar-refractivity contribution in [3.8, 4) is 22.9 Å². The number of rotatable bonds is 10. The molecule has 2 N–H and O–H groups in total. The lowest BCUT2D eigenvalue weighted by atomic mass is 9.98. The largest absolute Gasteiger partial charge is 0.437 e. The number of pyridine rings is 1. The van der Waals surface area contributed by atoms with Gasteiger partial charge in [0.2, 0.25) is 17.8 Å². The summed E-state index contributed by atoms with van der Waals surface area (Å²) in [7, 11) is -4.02. The molecule has 0 aliphatic carbocycles. The van der Waals surface area contributed by atoms with Gasteiger partial charge in [-0.1, -0.05) is 19.1 Å². The van der Waals surface area contributed by atoms with E-state index >= 15 is 4.39 Å². The number of hydrogen-bond donors (Lipinski definition) is 2. The molecule has 3 heterocycles. The van der Waals surface area contributed by atoms with E-state index in [1.54, 1.807) is 36.7 Å². The Balaban J connectivity index is 1.47. The first kappa shape index (κ1) is 30.7. The molecular weight excluding hydrogens is 579 g/mol. The molecule has 0 radical (unpaired) electrons. The van der Waals surface area contributed by atoms with E-state index in [2.05, 4.69) is 27.5 Å². The Labute approximate surface area is 249 Å². The minimum atomic E-state index is -4.02. The highest BCUT2D eigenvalue weighted by Crippen LogP contribution is 2.38. The summed E-state index contributed by atoms with van der Waals surface area (Å²) in [5.41, 5.74) is 1.80. The summed E-state index contributed by atoms with van der Waals surface area (Å²) in [6, 6.07) is 11.5. The van der Waals surface area contributed by atoms with Crippen LogP contribution in [0.5, 0.6) is 11.6 Å². The topological polar surface area (TPSA) is 106 Å². The lowest BCUT2D eigenvalue weighted by Gasteiger charge is -2.28. The Kier molecular flexibility index (Phi) is 8.89. The number of nitrogens with one attached hydrogen (secondary N) is 2. The van der Waals surface area contributed by atoms with Crippen LogP contribution < -0.4 is 15.4 Å². The highest BCUT2D eigenvalue weighted by Gasteiger charge is 2.27. The SMILES string of the molecule is Cc1ccc2c(CS(=O)(=O)CCC(C)(F)F)c(F)ccc2c1Oc1ncccc1-c1ccnc(N[C@@H]2CNC[C@H](C)C2)n1. The molecule has 1 aliphatic rings. The smallest absolute Gasteiger partial charge is 0.246 e. The number of sulfone groups is 1. The number of ether oxygens (including phenoxy) is 1. The predicted octanol–water partition coefficient (Wildman–Crippen LogP) is 6.30. The van der Waals surface area contributed by atoms with Crippen LogP contribution in [-0.4, -0.2) is 54.2 Å². The van der Waals surface area contributed by atoms with Crippen LogP contribution in [0.3, 0.4) is 0 Å². The normalized spacial score (nSPS) is 17.6. The number of halogens is 3. The molecule has 0 saturated carbocycles. The molecule has 0 amide bonds. The van der Waals surface area contributed by atoms with Gasteiger partial charge in [-0.15, -0.1) is 0 Å². The Hall–Kier alpha value is -3.77. The van der Waals surface area contributed by atoms with Gasteiger partial charge in [0.25, 0.3) is 0 Å². The van der Waals surface area contributed by atoms with Crippen LogP contribution in [0.4, 0.5) is 19.1 Å². The van der Waals surface area contributed by atoms with Crippen molar-refractivity contribution in [3.63, 3.8) is 0 Å². The van der Waals surface area contributed by atoms with Crippen LogP contribution in [0.25, 0.3) is 22.0 Å². The molecule has 8 nitrogen and oxygen atoms in total. The van der Waals surface area contributed by atoms with E-state index in [0.717, 1.165) is 25.6 Å². The molecule has 2 atom stereocenters. The van der Waals surface area contributed by atoms with Crippen LogP contribution >= 0.6 is 0 Å². The third kappa shape index (κ3) is 7.61. The van der Waals surface area contributed by atoms with Gasteiger partial charge in [0.05, 0.1) is 22.8 Å². The average Bonchev–Trinajstić information content (AvgIpc) is 2.95. The maximum atomic E-state index is 15.0. The molecule has 43 heavy (non-hydrogen) atoms. The number of aromatic nitrogens is 3. The molecule has 12 heteroatoms. The van der Waals surface area contributed by atoms with E-state index in [9.17, 15) is 17.2 Å². The summed E-state index contributed by atoms with van der Waals surface area (Å²) >= 11 is 0.